The van der Waals surface area contributed by atoms with E-state index in [4.69, 9.17) is 8.85 Å². The molecule has 23 heavy (non-hydrogen) atoms. The van der Waals surface area contributed by atoms with Crippen molar-refractivity contribution in [3.8, 4) is 0 Å². The summed E-state index contributed by atoms with van der Waals surface area (Å²) in [4.78, 5) is 25.8. The average Bonchev–Trinajstić information content (AvgIpc) is 2.59. The average molecular weight is 337 g/mol. The molecule has 5 heteroatoms. The van der Waals surface area contributed by atoms with Crippen molar-refractivity contribution >= 4 is 20.1 Å². The SMILES string of the molecule is CCCC[Si](OC)(OC)C(C(=O)CCC)C(=O)c1ccccc1. The highest BCUT2D eigenvalue weighted by molar-refractivity contribution is 6.77. The van der Waals surface area contributed by atoms with Gasteiger partial charge in [-0.25, -0.2) is 0 Å². The minimum Gasteiger partial charge on any atom is -0.397 e. The third kappa shape index (κ3) is 4.83. The first-order valence-electron chi connectivity index (χ1n) is 8.28. The topological polar surface area (TPSA) is 52.6 Å². The Morgan fingerprint density at radius 2 is 1.65 bits per heavy atom. The van der Waals surface area contributed by atoms with Crippen molar-refractivity contribution in [1.82, 2.24) is 0 Å². The zero-order chi connectivity index (χ0) is 17.3. The molecule has 0 aromatic heterocycles. The summed E-state index contributed by atoms with van der Waals surface area (Å²) in [6.07, 6.45) is 2.93. The molecule has 0 saturated heterocycles. The van der Waals surface area contributed by atoms with Crippen molar-refractivity contribution in [1.29, 1.82) is 0 Å². The fourth-order valence-corrected chi connectivity index (χ4v) is 6.22. The fourth-order valence-electron chi connectivity index (χ4n) is 2.84. The summed E-state index contributed by atoms with van der Waals surface area (Å²) in [6.45, 7) is 4.02. The maximum Gasteiger partial charge on any atom is 0.356 e. The summed E-state index contributed by atoms with van der Waals surface area (Å²) in [5.41, 5.74) is -0.254. The molecule has 1 aromatic carbocycles. The van der Waals surface area contributed by atoms with E-state index in [9.17, 15) is 9.59 Å². The molecule has 0 aliphatic carbocycles. The molecular weight excluding hydrogens is 308 g/mol. The number of hydrogen-bond donors (Lipinski definition) is 0. The van der Waals surface area contributed by atoms with Crippen molar-refractivity contribution in [2.24, 2.45) is 0 Å². The normalized spacial score (nSPS) is 12.9. The maximum atomic E-state index is 13.0. The highest BCUT2D eigenvalue weighted by atomic mass is 28.4. The Hall–Kier alpha value is -1.30. The van der Waals surface area contributed by atoms with E-state index in [0.717, 1.165) is 12.8 Å². The Kier molecular flexibility index (Phi) is 8.37. The Morgan fingerprint density at radius 1 is 1.04 bits per heavy atom. The van der Waals surface area contributed by atoms with Crippen LogP contribution >= 0.6 is 0 Å². The van der Waals surface area contributed by atoms with Crippen LogP contribution in [0.1, 0.15) is 49.9 Å². The smallest absolute Gasteiger partial charge is 0.356 e. The quantitative estimate of drug-likeness (QED) is 0.346. The van der Waals surface area contributed by atoms with Crippen LogP contribution in [0.5, 0.6) is 0 Å². The van der Waals surface area contributed by atoms with Crippen molar-refractivity contribution < 1.29 is 18.4 Å². The molecule has 4 nitrogen and oxygen atoms in total. The van der Waals surface area contributed by atoms with E-state index in [1.807, 2.05) is 25.1 Å². The fraction of sp³-hybridized carbons (Fsp3) is 0.556. The Balaban J connectivity index is 3.26. The number of rotatable bonds is 11. The largest absolute Gasteiger partial charge is 0.397 e. The van der Waals surface area contributed by atoms with Crippen LogP contribution in [0.4, 0.5) is 0 Å². The number of hydrogen-bond acceptors (Lipinski definition) is 4. The lowest BCUT2D eigenvalue weighted by Gasteiger charge is -2.33. The third-order valence-corrected chi connectivity index (χ3v) is 8.04. The molecule has 0 spiro atoms. The van der Waals surface area contributed by atoms with Crippen molar-refractivity contribution in [3.05, 3.63) is 35.9 Å². The Morgan fingerprint density at radius 3 is 2.13 bits per heavy atom. The number of carbonyl (C=O) groups excluding carboxylic acids is 2. The summed E-state index contributed by atoms with van der Waals surface area (Å²) in [6, 6.07) is 9.62. The van der Waals surface area contributed by atoms with Crippen molar-refractivity contribution in [3.63, 3.8) is 0 Å². The summed E-state index contributed by atoms with van der Waals surface area (Å²) >= 11 is 0. The van der Waals surface area contributed by atoms with Crippen LogP contribution in [0.25, 0.3) is 0 Å². The molecule has 0 amide bonds. The van der Waals surface area contributed by atoms with E-state index in [-0.39, 0.29) is 11.6 Å². The molecule has 1 unspecified atom stereocenters. The number of unbranched alkanes of at least 4 members (excludes halogenated alkanes) is 1. The minimum atomic E-state index is -2.94. The van der Waals surface area contributed by atoms with Crippen LogP contribution in [-0.2, 0) is 13.6 Å². The van der Waals surface area contributed by atoms with Gasteiger partial charge in [0.2, 0.25) is 0 Å². The van der Waals surface area contributed by atoms with Gasteiger partial charge in [-0.1, -0.05) is 57.0 Å². The number of benzene rings is 1. The van der Waals surface area contributed by atoms with Gasteiger partial charge in [-0.3, -0.25) is 9.59 Å². The molecule has 1 atom stereocenters. The second kappa shape index (κ2) is 9.75. The van der Waals surface area contributed by atoms with E-state index < -0.39 is 14.1 Å². The van der Waals surface area contributed by atoms with Crippen molar-refractivity contribution in [2.45, 2.75) is 51.1 Å². The molecule has 128 valence electrons. The summed E-state index contributed by atoms with van der Waals surface area (Å²) in [7, 11) is 0.192. The van der Waals surface area contributed by atoms with Crippen molar-refractivity contribution in [2.75, 3.05) is 14.2 Å². The molecule has 0 N–H and O–H groups in total. The summed E-state index contributed by atoms with van der Waals surface area (Å²) < 4.78 is 11.5. The second-order valence-electron chi connectivity index (χ2n) is 5.70. The summed E-state index contributed by atoms with van der Waals surface area (Å²) in [5, 5.41) is 0. The van der Waals surface area contributed by atoms with Crippen LogP contribution in [-0.4, -0.2) is 34.3 Å². The van der Waals surface area contributed by atoms with E-state index >= 15 is 0 Å². The Bertz CT molecular complexity index is 497. The molecular formula is C18H28O4Si. The molecule has 0 heterocycles. The molecule has 1 aromatic rings. The monoisotopic (exact) mass is 336 g/mol. The van der Waals surface area contributed by atoms with Gasteiger partial charge in [-0.05, 0) is 12.5 Å². The number of Topliss-reactive ketones (excluding diaryl/α,β-unsaturated/α-hetero) is 2. The lowest BCUT2D eigenvalue weighted by Crippen LogP contribution is -2.51. The Labute approximate surface area is 140 Å². The zero-order valence-corrected chi connectivity index (χ0v) is 15.6. The highest BCUT2D eigenvalue weighted by Crippen LogP contribution is 2.34. The van der Waals surface area contributed by atoms with Gasteiger partial charge in [-0.15, -0.1) is 0 Å². The first kappa shape index (κ1) is 19.7. The van der Waals surface area contributed by atoms with Gasteiger partial charge in [0.05, 0.1) is 0 Å². The van der Waals surface area contributed by atoms with Gasteiger partial charge in [0.15, 0.2) is 5.78 Å². The van der Waals surface area contributed by atoms with Crippen LogP contribution in [0.3, 0.4) is 0 Å². The lowest BCUT2D eigenvalue weighted by atomic mass is 10.0. The van der Waals surface area contributed by atoms with Crippen LogP contribution in [0.2, 0.25) is 11.6 Å². The first-order valence-corrected chi connectivity index (χ1v) is 10.4. The van der Waals surface area contributed by atoms with Gasteiger partial charge >= 0.3 is 8.56 Å². The maximum absolute atomic E-state index is 13.0. The third-order valence-electron chi connectivity index (χ3n) is 4.15. The summed E-state index contributed by atoms with van der Waals surface area (Å²) in [5.74, 6) is -0.233. The number of ketones is 2. The van der Waals surface area contributed by atoms with Crippen LogP contribution in [0.15, 0.2) is 30.3 Å². The molecule has 0 bridgehead atoms. The van der Waals surface area contributed by atoms with Gasteiger partial charge in [0.1, 0.15) is 11.3 Å². The molecule has 0 fully saturated rings. The van der Waals surface area contributed by atoms with E-state index in [0.29, 0.717) is 24.4 Å². The molecule has 0 aliphatic heterocycles. The minimum absolute atomic E-state index is 0.0622. The van der Waals surface area contributed by atoms with Gasteiger partial charge in [0.25, 0.3) is 0 Å². The highest BCUT2D eigenvalue weighted by Gasteiger charge is 2.51. The molecule has 0 saturated carbocycles. The molecule has 1 rings (SSSR count). The predicted octanol–water partition coefficient (Wildman–Crippen LogP) is 4.14. The molecule has 0 aliphatic rings. The standard InChI is InChI=1S/C18H28O4Si/c1-5-7-14-23(21-3,22-4)18(16(19)11-6-2)17(20)15-12-9-8-10-13-15/h8-10,12-13,18H,5-7,11,14H2,1-4H3. The first-order chi connectivity index (χ1) is 11.1. The van der Waals surface area contributed by atoms with E-state index in [1.54, 1.807) is 26.4 Å². The zero-order valence-electron chi connectivity index (χ0n) is 14.6. The van der Waals surface area contributed by atoms with Gasteiger partial charge < -0.3 is 8.85 Å². The van der Waals surface area contributed by atoms with Crippen LogP contribution < -0.4 is 0 Å². The van der Waals surface area contributed by atoms with Gasteiger partial charge in [-0.2, -0.15) is 0 Å². The predicted molar refractivity (Wildman–Crippen MR) is 93.9 cm³/mol. The van der Waals surface area contributed by atoms with E-state index in [2.05, 4.69) is 6.92 Å². The molecule has 0 radical (unpaired) electrons. The second-order valence-corrected chi connectivity index (χ2v) is 9.22. The lowest BCUT2D eigenvalue weighted by molar-refractivity contribution is -0.118. The van der Waals surface area contributed by atoms with Gasteiger partial charge in [0, 0.05) is 26.2 Å². The van der Waals surface area contributed by atoms with Crippen LogP contribution in [0, 0.1) is 0 Å². The van der Waals surface area contributed by atoms with E-state index in [1.165, 1.54) is 0 Å². The number of carbonyl (C=O) groups is 2.